The van der Waals surface area contributed by atoms with Crippen LogP contribution in [0.4, 0.5) is 0 Å². The van der Waals surface area contributed by atoms with Crippen molar-refractivity contribution in [1.82, 2.24) is 15.0 Å². The molecule has 7 heteroatoms. The minimum atomic E-state index is -0.0502. The number of piperidine rings is 1. The van der Waals surface area contributed by atoms with E-state index in [0.717, 1.165) is 24.2 Å². The Morgan fingerprint density at radius 3 is 2.76 bits per heavy atom. The molecule has 7 nitrogen and oxygen atoms in total. The summed E-state index contributed by atoms with van der Waals surface area (Å²) >= 11 is 0. The van der Waals surface area contributed by atoms with Crippen molar-refractivity contribution in [1.29, 1.82) is 5.26 Å². The van der Waals surface area contributed by atoms with Crippen LogP contribution in [0.1, 0.15) is 40.5 Å². The number of hydrogen-bond donors (Lipinski definition) is 0. The van der Waals surface area contributed by atoms with E-state index in [-0.39, 0.29) is 11.8 Å². The normalized spacial score (nSPS) is 14.4. The molecule has 2 aromatic carbocycles. The molecule has 3 aromatic rings. The van der Waals surface area contributed by atoms with Crippen molar-refractivity contribution in [3.05, 3.63) is 65.5 Å². The average molecular weight is 388 g/mol. The number of hydrogen-bond acceptors (Lipinski definition) is 6. The summed E-state index contributed by atoms with van der Waals surface area (Å²) in [5.41, 5.74) is 1.85. The van der Waals surface area contributed by atoms with Gasteiger partial charge in [-0.05, 0) is 49.2 Å². The van der Waals surface area contributed by atoms with Crippen molar-refractivity contribution in [2.75, 3.05) is 20.2 Å². The molecule has 0 N–H and O–H groups in total. The lowest BCUT2D eigenvalue weighted by Crippen LogP contribution is -2.38. The second-order valence-corrected chi connectivity index (χ2v) is 6.95. The topological polar surface area (TPSA) is 92.2 Å². The minimum absolute atomic E-state index is 0.0502. The second-order valence-electron chi connectivity index (χ2n) is 6.95. The zero-order valence-corrected chi connectivity index (χ0v) is 16.0. The molecule has 1 saturated heterocycles. The summed E-state index contributed by atoms with van der Waals surface area (Å²) < 4.78 is 10.7. The fourth-order valence-electron chi connectivity index (χ4n) is 3.52. The third kappa shape index (κ3) is 3.97. The summed E-state index contributed by atoms with van der Waals surface area (Å²) in [6, 6.07) is 16.4. The van der Waals surface area contributed by atoms with Crippen LogP contribution in [0.5, 0.6) is 5.75 Å². The van der Waals surface area contributed by atoms with Gasteiger partial charge in [-0.1, -0.05) is 17.3 Å². The molecule has 4 rings (SSSR count). The molecule has 0 atom stereocenters. The van der Waals surface area contributed by atoms with Crippen molar-refractivity contribution in [2.24, 2.45) is 0 Å². The average Bonchev–Trinajstić information content (AvgIpc) is 3.29. The second kappa shape index (κ2) is 8.15. The van der Waals surface area contributed by atoms with Crippen molar-refractivity contribution in [2.45, 2.75) is 18.8 Å². The van der Waals surface area contributed by atoms with Crippen LogP contribution in [0, 0.1) is 11.3 Å². The Morgan fingerprint density at radius 1 is 1.21 bits per heavy atom. The van der Waals surface area contributed by atoms with E-state index in [1.807, 2.05) is 29.2 Å². The summed E-state index contributed by atoms with van der Waals surface area (Å²) in [6.45, 7) is 1.23. The highest BCUT2D eigenvalue weighted by atomic mass is 16.5. The molecule has 0 radical (unpaired) electrons. The Hall–Kier alpha value is -3.66. The Kier molecular flexibility index (Phi) is 5.25. The Balaban J connectivity index is 1.41. The zero-order chi connectivity index (χ0) is 20.2. The maximum Gasteiger partial charge on any atom is 0.258 e. The fraction of sp³-hybridized carbons (Fsp3) is 0.273. The van der Waals surface area contributed by atoms with E-state index in [4.69, 9.17) is 14.5 Å². The smallest absolute Gasteiger partial charge is 0.258 e. The molecule has 29 heavy (non-hydrogen) atoms. The highest BCUT2D eigenvalue weighted by molar-refractivity contribution is 5.94. The first-order valence-electron chi connectivity index (χ1n) is 9.45. The summed E-state index contributed by atoms with van der Waals surface area (Å²) in [5, 5.41) is 13.2. The number of carbonyl (C=O) groups is 1. The maximum absolute atomic E-state index is 12.7. The lowest BCUT2D eigenvalue weighted by Gasteiger charge is -2.30. The van der Waals surface area contributed by atoms with Gasteiger partial charge in [-0.2, -0.15) is 10.2 Å². The molecule has 0 spiro atoms. The molecular formula is C22H20N4O3. The molecule has 1 amide bonds. The summed E-state index contributed by atoms with van der Waals surface area (Å²) in [6.07, 6.45) is 1.53. The van der Waals surface area contributed by atoms with Crippen LogP contribution in [0.15, 0.2) is 53.1 Å². The van der Waals surface area contributed by atoms with E-state index in [0.29, 0.717) is 35.9 Å². The van der Waals surface area contributed by atoms with Gasteiger partial charge in [0, 0.05) is 30.1 Å². The number of benzene rings is 2. The molecule has 0 aliphatic carbocycles. The molecule has 0 saturated carbocycles. The van der Waals surface area contributed by atoms with Gasteiger partial charge in [-0.15, -0.1) is 0 Å². The van der Waals surface area contributed by atoms with Gasteiger partial charge in [0.25, 0.3) is 11.8 Å². The number of ether oxygens (including phenoxy) is 1. The predicted molar refractivity (Wildman–Crippen MR) is 105 cm³/mol. The van der Waals surface area contributed by atoms with E-state index in [1.165, 1.54) is 0 Å². The molecule has 2 heterocycles. The Morgan fingerprint density at radius 2 is 2.00 bits per heavy atom. The highest BCUT2D eigenvalue weighted by Crippen LogP contribution is 2.29. The molecule has 1 aliphatic rings. The van der Waals surface area contributed by atoms with E-state index >= 15 is 0 Å². The van der Waals surface area contributed by atoms with Crippen molar-refractivity contribution in [3.63, 3.8) is 0 Å². The molecule has 1 aliphatic heterocycles. The third-order valence-electron chi connectivity index (χ3n) is 5.14. The largest absolute Gasteiger partial charge is 0.497 e. The molecule has 1 aromatic heterocycles. The fourth-order valence-corrected chi connectivity index (χ4v) is 3.52. The summed E-state index contributed by atoms with van der Waals surface area (Å²) in [5.74, 6) is 1.96. The van der Waals surface area contributed by atoms with Gasteiger partial charge in [0.2, 0.25) is 0 Å². The number of carbonyl (C=O) groups excluding carboxylic acids is 1. The quantitative estimate of drug-likeness (QED) is 0.678. The minimum Gasteiger partial charge on any atom is -0.497 e. The van der Waals surface area contributed by atoms with Crippen LogP contribution < -0.4 is 4.74 Å². The lowest BCUT2D eigenvalue weighted by molar-refractivity contribution is 0.0710. The number of aromatic nitrogens is 2. The van der Waals surface area contributed by atoms with Crippen LogP contribution in [-0.2, 0) is 0 Å². The van der Waals surface area contributed by atoms with Crippen LogP contribution in [0.3, 0.4) is 0 Å². The van der Waals surface area contributed by atoms with Gasteiger partial charge in [0.15, 0.2) is 5.82 Å². The Bertz CT molecular complexity index is 1060. The van der Waals surface area contributed by atoms with Crippen LogP contribution in [-0.4, -0.2) is 41.1 Å². The molecule has 0 unspecified atom stereocenters. The summed E-state index contributed by atoms with van der Waals surface area (Å²) in [4.78, 5) is 19.1. The maximum atomic E-state index is 12.7. The van der Waals surface area contributed by atoms with Crippen molar-refractivity contribution in [3.8, 4) is 23.3 Å². The van der Waals surface area contributed by atoms with E-state index in [2.05, 4.69) is 16.2 Å². The van der Waals surface area contributed by atoms with E-state index in [1.54, 1.807) is 31.4 Å². The lowest BCUT2D eigenvalue weighted by atomic mass is 9.95. The van der Waals surface area contributed by atoms with Crippen molar-refractivity contribution < 1.29 is 14.1 Å². The van der Waals surface area contributed by atoms with Gasteiger partial charge < -0.3 is 14.2 Å². The van der Waals surface area contributed by atoms with Crippen LogP contribution in [0.2, 0.25) is 0 Å². The number of amides is 1. The SMILES string of the molecule is COc1cccc(-c2nc(C3CCN(C(=O)c4cccc(C#N)c4)CC3)no2)c1. The van der Waals surface area contributed by atoms with Crippen LogP contribution in [0.25, 0.3) is 11.5 Å². The van der Waals surface area contributed by atoms with Gasteiger partial charge in [-0.3, -0.25) is 4.79 Å². The van der Waals surface area contributed by atoms with Gasteiger partial charge in [0.05, 0.1) is 18.7 Å². The molecule has 0 bridgehead atoms. The number of likely N-dealkylation sites (tertiary alicyclic amines) is 1. The molecular weight excluding hydrogens is 368 g/mol. The number of rotatable bonds is 4. The number of nitriles is 1. The van der Waals surface area contributed by atoms with Crippen molar-refractivity contribution >= 4 is 5.91 Å². The van der Waals surface area contributed by atoms with Gasteiger partial charge in [0.1, 0.15) is 5.75 Å². The number of methoxy groups -OCH3 is 1. The van der Waals surface area contributed by atoms with Crippen LogP contribution >= 0.6 is 0 Å². The van der Waals surface area contributed by atoms with Gasteiger partial charge in [-0.25, -0.2) is 0 Å². The Labute approximate surface area is 168 Å². The summed E-state index contributed by atoms with van der Waals surface area (Å²) in [7, 11) is 1.62. The van der Waals surface area contributed by atoms with E-state index < -0.39 is 0 Å². The third-order valence-corrected chi connectivity index (χ3v) is 5.14. The zero-order valence-electron chi connectivity index (χ0n) is 16.0. The van der Waals surface area contributed by atoms with E-state index in [9.17, 15) is 4.79 Å². The predicted octanol–water partition coefficient (Wildman–Crippen LogP) is 3.64. The number of nitrogens with zero attached hydrogens (tertiary/aromatic N) is 4. The highest BCUT2D eigenvalue weighted by Gasteiger charge is 2.27. The van der Waals surface area contributed by atoms with Gasteiger partial charge >= 0.3 is 0 Å². The molecule has 146 valence electrons. The first-order chi connectivity index (χ1) is 14.2. The monoisotopic (exact) mass is 388 g/mol. The molecule has 1 fully saturated rings. The first-order valence-corrected chi connectivity index (χ1v) is 9.45. The first kappa shape index (κ1) is 18.7. The standard InChI is InChI=1S/C22H20N4O3/c1-28-19-7-3-5-17(13-19)21-24-20(25-29-21)16-8-10-26(11-9-16)22(27)18-6-2-4-15(12-18)14-23/h2-7,12-13,16H,8-11H2,1H3.